The van der Waals surface area contributed by atoms with Gasteiger partial charge in [-0.25, -0.2) is 0 Å². The average Bonchev–Trinajstić information content (AvgIpc) is 2.98. The summed E-state index contributed by atoms with van der Waals surface area (Å²) in [7, 11) is 1.60. The number of carbonyl (C=O) groups excluding carboxylic acids is 2. The maximum absolute atomic E-state index is 11.9. The molecule has 0 saturated heterocycles. The third-order valence-electron chi connectivity index (χ3n) is 3.91. The molecule has 2 N–H and O–H groups in total. The molecule has 2 amide bonds. The molecule has 2 rings (SSSR count). The molecule has 108 valence electrons. The molecule has 0 aromatic heterocycles. The summed E-state index contributed by atoms with van der Waals surface area (Å²) >= 11 is 0. The third-order valence-corrected chi connectivity index (χ3v) is 3.91. The number of carbonyl (C=O) groups is 2. The van der Waals surface area contributed by atoms with Crippen molar-refractivity contribution in [2.75, 3.05) is 12.4 Å². The zero-order valence-electron chi connectivity index (χ0n) is 11.9. The first-order valence-corrected chi connectivity index (χ1v) is 7.31. The standard InChI is InChI=1S/C16H22N2O2/c1-17-16(20)13-7-9-14(10-8-13)18-15(19)11-6-12-4-2-3-5-12/h7-10,12H,2-6,11H2,1H3,(H,17,20)(H,18,19). The topological polar surface area (TPSA) is 58.2 Å². The van der Waals surface area contributed by atoms with Crippen LogP contribution in [0.3, 0.4) is 0 Å². The number of rotatable bonds is 5. The van der Waals surface area contributed by atoms with Crippen molar-refractivity contribution in [3.8, 4) is 0 Å². The van der Waals surface area contributed by atoms with Crippen LogP contribution in [0, 0.1) is 5.92 Å². The molecule has 1 aromatic rings. The van der Waals surface area contributed by atoms with E-state index in [1.54, 1.807) is 31.3 Å². The second kappa shape index (κ2) is 7.08. The molecule has 0 bridgehead atoms. The van der Waals surface area contributed by atoms with Crippen LogP contribution in [0.25, 0.3) is 0 Å². The largest absolute Gasteiger partial charge is 0.355 e. The summed E-state index contributed by atoms with van der Waals surface area (Å²) in [6.45, 7) is 0. The van der Waals surface area contributed by atoms with Crippen LogP contribution >= 0.6 is 0 Å². The molecule has 0 unspecified atom stereocenters. The highest BCUT2D eigenvalue weighted by Crippen LogP contribution is 2.28. The van der Waals surface area contributed by atoms with Crippen LogP contribution in [0.5, 0.6) is 0 Å². The Bertz CT molecular complexity index is 462. The monoisotopic (exact) mass is 274 g/mol. The lowest BCUT2D eigenvalue weighted by atomic mass is 10.0. The molecule has 1 saturated carbocycles. The molecule has 4 heteroatoms. The van der Waals surface area contributed by atoms with E-state index in [1.165, 1.54) is 25.7 Å². The Morgan fingerprint density at radius 2 is 1.80 bits per heavy atom. The van der Waals surface area contributed by atoms with E-state index in [-0.39, 0.29) is 11.8 Å². The van der Waals surface area contributed by atoms with Gasteiger partial charge in [-0.05, 0) is 36.6 Å². The lowest BCUT2D eigenvalue weighted by molar-refractivity contribution is -0.116. The van der Waals surface area contributed by atoms with Gasteiger partial charge in [0.1, 0.15) is 0 Å². The van der Waals surface area contributed by atoms with E-state index in [1.807, 2.05) is 0 Å². The normalized spacial score (nSPS) is 15.1. The van der Waals surface area contributed by atoms with Crippen molar-refractivity contribution in [1.82, 2.24) is 5.32 Å². The van der Waals surface area contributed by atoms with Crippen LogP contribution in [-0.4, -0.2) is 18.9 Å². The van der Waals surface area contributed by atoms with Crippen molar-refractivity contribution in [1.29, 1.82) is 0 Å². The number of benzene rings is 1. The molecule has 0 atom stereocenters. The third kappa shape index (κ3) is 4.08. The van der Waals surface area contributed by atoms with Crippen LogP contribution in [0.2, 0.25) is 0 Å². The van der Waals surface area contributed by atoms with Gasteiger partial charge in [0.15, 0.2) is 0 Å². The molecule has 20 heavy (non-hydrogen) atoms. The minimum Gasteiger partial charge on any atom is -0.355 e. The van der Waals surface area contributed by atoms with E-state index in [4.69, 9.17) is 0 Å². The second-order valence-electron chi connectivity index (χ2n) is 5.39. The average molecular weight is 274 g/mol. The van der Waals surface area contributed by atoms with Crippen molar-refractivity contribution in [3.63, 3.8) is 0 Å². The molecule has 0 heterocycles. The number of hydrogen-bond donors (Lipinski definition) is 2. The predicted molar refractivity (Wildman–Crippen MR) is 79.7 cm³/mol. The van der Waals surface area contributed by atoms with E-state index >= 15 is 0 Å². The van der Waals surface area contributed by atoms with E-state index in [0.29, 0.717) is 12.0 Å². The van der Waals surface area contributed by atoms with E-state index in [0.717, 1.165) is 18.0 Å². The molecular weight excluding hydrogens is 252 g/mol. The van der Waals surface area contributed by atoms with Crippen molar-refractivity contribution in [3.05, 3.63) is 29.8 Å². The van der Waals surface area contributed by atoms with Gasteiger partial charge in [0.2, 0.25) is 5.91 Å². The molecule has 1 aliphatic carbocycles. The highest BCUT2D eigenvalue weighted by Gasteiger charge is 2.16. The van der Waals surface area contributed by atoms with Crippen molar-refractivity contribution < 1.29 is 9.59 Å². The Kier molecular flexibility index (Phi) is 5.16. The van der Waals surface area contributed by atoms with Gasteiger partial charge in [-0.3, -0.25) is 9.59 Å². The Morgan fingerprint density at radius 3 is 2.40 bits per heavy atom. The minimum atomic E-state index is -0.121. The smallest absolute Gasteiger partial charge is 0.251 e. The Morgan fingerprint density at radius 1 is 1.15 bits per heavy atom. The molecule has 4 nitrogen and oxygen atoms in total. The second-order valence-corrected chi connectivity index (χ2v) is 5.39. The first-order chi connectivity index (χ1) is 9.69. The van der Waals surface area contributed by atoms with Crippen molar-refractivity contribution in [2.24, 2.45) is 5.92 Å². The minimum absolute atomic E-state index is 0.0598. The maximum Gasteiger partial charge on any atom is 0.251 e. The van der Waals surface area contributed by atoms with Crippen LogP contribution in [0.1, 0.15) is 48.9 Å². The summed E-state index contributed by atoms with van der Waals surface area (Å²) in [5, 5.41) is 5.45. The summed E-state index contributed by atoms with van der Waals surface area (Å²) in [4.78, 5) is 23.3. The number of nitrogens with one attached hydrogen (secondary N) is 2. The summed E-state index contributed by atoms with van der Waals surface area (Å²) in [5.74, 6) is 0.671. The van der Waals surface area contributed by atoms with Crippen molar-refractivity contribution >= 4 is 17.5 Å². The zero-order chi connectivity index (χ0) is 14.4. The first-order valence-electron chi connectivity index (χ1n) is 7.31. The molecular formula is C16H22N2O2. The predicted octanol–water partition coefficient (Wildman–Crippen LogP) is 2.96. The van der Waals surface area contributed by atoms with Gasteiger partial charge >= 0.3 is 0 Å². The van der Waals surface area contributed by atoms with Crippen molar-refractivity contribution in [2.45, 2.75) is 38.5 Å². The summed E-state index contributed by atoms with van der Waals surface area (Å²) in [6, 6.07) is 6.95. The highest BCUT2D eigenvalue weighted by atomic mass is 16.2. The lowest BCUT2D eigenvalue weighted by Gasteiger charge is -2.09. The number of hydrogen-bond acceptors (Lipinski definition) is 2. The fourth-order valence-electron chi connectivity index (χ4n) is 2.71. The van der Waals surface area contributed by atoms with Gasteiger partial charge in [0.05, 0.1) is 0 Å². The zero-order valence-corrected chi connectivity index (χ0v) is 11.9. The van der Waals surface area contributed by atoms with Crippen LogP contribution in [-0.2, 0) is 4.79 Å². The molecule has 1 aromatic carbocycles. The molecule has 1 aliphatic rings. The number of amides is 2. The Balaban J connectivity index is 1.80. The van der Waals surface area contributed by atoms with E-state index < -0.39 is 0 Å². The van der Waals surface area contributed by atoms with Gasteiger partial charge in [0.25, 0.3) is 5.91 Å². The van der Waals surface area contributed by atoms with Gasteiger partial charge < -0.3 is 10.6 Å². The Hall–Kier alpha value is -1.84. The SMILES string of the molecule is CNC(=O)c1ccc(NC(=O)CCC2CCCC2)cc1. The number of anilines is 1. The van der Waals surface area contributed by atoms with Gasteiger partial charge in [-0.15, -0.1) is 0 Å². The quantitative estimate of drug-likeness (QED) is 0.867. The summed E-state index contributed by atoms with van der Waals surface area (Å²) in [6.07, 6.45) is 6.74. The Labute approximate surface area is 119 Å². The fourth-order valence-corrected chi connectivity index (χ4v) is 2.71. The van der Waals surface area contributed by atoms with Gasteiger partial charge in [-0.2, -0.15) is 0 Å². The molecule has 0 radical (unpaired) electrons. The molecule has 0 aliphatic heterocycles. The summed E-state index contributed by atoms with van der Waals surface area (Å²) in [5.41, 5.74) is 1.34. The highest BCUT2D eigenvalue weighted by molar-refractivity contribution is 5.95. The molecule has 1 fully saturated rings. The van der Waals surface area contributed by atoms with Crippen LogP contribution in [0.4, 0.5) is 5.69 Å². The lowest BCUT2D eigenvalue weighted by Crippen LogP contribution is -2.18. The van der Waals surface area contributed by atoms with Gasteiger partial charge in [0, 0.05) is 24.7 Å². The first kappa shape index (κ1) is 14.6. The van der Waals surface area contributed by atoms with E-state index in [2.05, 4.69) is 10.6 Å². The van der Waals surface area contributed by atoms with Crippen LogP contribution in [0.15, 0.2) is 24.3 Å². The summed E-state index contributed by atoms with van der Waals surface area (Å²) < 4.78 is 0. The maximum atomic E-state index is 11.9. The van der Waals surface area contributed by atoms with Gasteiger partial charge in [-0.1, -0.05) is 25.7 Å². The fraction of sp³-hybridized carbons (Fsp3) is 0.500. The van der Waals surface area contributed by atoms with E-state index in [9.17, 15) is 9.59 Å². The molecule has 0 spiro atoms. The van der Waals surface area contributed by atoms with Crippen LogP contribution < -0.4 is 10.6 Å².